The minimum absolute atomic E-state index is 0.313. The zero-order valence-corrected chi connectivity index (χ0v) is 13.1. The molecule has 1 saturated carbocycles. The second kappa shape index (κ2) is 6.44. The SMILES string of the molecule is CCNC(c1ccccc1C)c1ccccc1C1CCC1. The molecule has 21 heavy (non-hydrogen) atoms. The summed E-state index contributed by atoms with van der Waals surface area (Å²) in [5.41, 5.74) is 5.80. The van der Waals surface area contributed by atoms with Crippen molar-refractivity contribution in [2.24, 2.45) is 0 Å². The standard InChI is InChI=1S/C20H25N/c1-3-21-20(17-12-5-4-9-15(17)2)19-14-7-6-13-18(19)16-10-8-11-16/h4-7,9,12-14,16,20-21H,3,8,10-11H2,1-2H3. The van der Waals surface area contributed by atoms with Crippen LogP contribution in [0.5, 0.6) is 0 Å². The minimum atomic E-state index is 0.313. The van der Waals surface area contributed by atoms with Crippen LogP contribution in [0.15, 0.2) is 48.5 Å². The summed E-state index contributed by atoms with van der Waals surface area (Å²) in [6.07, 6.45) is 4.09. The van der Waals surface area contributed by atoms with Crippen LogP contribution in [0.2, 0.25) is 0 Å². The van der Waals surface area contributed by atoms with Crippen molar-refractivity contribution in [3.63, 3.8) is 0 Å². The van der Waals surface area contributed by atoms with Gasteiger partial charge in [-0.15, -0.1) is 0 Å². The first kappa shape index (κ1) is 14.3. The average Bonchev–Trinajstić information content (AvgIpc) is 2.45. The predicted molar refractivity (Wildman–Crippen MR) is 89.7 cm³/mol. The van der Waals surface area contributed by atoms with Crippen molar-refractivity contribution in [3.05, 3.63) is 70.8 Å². The molecule has 0 radical (unpaired) electrons. The number of nitrogens with one attached hydrogen (secondary N) is 1. The second-order valence-corrected chi connectivity index (χ2v) is 6.10. The Bertz CT molecular complexity index is 598. The van der Waals surface area contributed by atoms with E-state index in [0.717, 1.165) is 12.5 Å². The minimum Gasteiger partial charge on any atom is -0.307 e. The van der Waals surface area contributed by atoms with Gasteiger partial charge in [0, 0.05) is 0 Å². The summed E-state index contributed by atoms with van der Waals surface area (Å²) in [7, 11) is 0. The van der Waals surface area contributed by atoms with Gasteiger partial charge in [-0.25, -0.2) is 0 Å². The molecule has 1 unspecified atom stereocenters. The fourth-order valence-electron chi connectivity index (χ4n) is 3.37. The van der Waals surface area contributed by atoms with E-state index in [1.54, 1.807) is 5.56 Å². The van der Waals surface area contributed by atoms with Crippen molar-refractivity contribution < 1.29 is 0 Å². The maximum absolute atomic E-state index is 3.70. The number of rotatable bonds is 5. The molecule has 2 aromatic rings. The highest BCUT2D eigenvalue weighted by Gasteiger charge is 2.25. The van der Waals surface area contributed by atoms with E-state index in [9.17, 15) is 0 Å². The zero-order valence-electron chi connectivity index (χ0n) is 13.1. The number of hydrogen-bond donors (Lipinski definition) is 1. The Morgan fingerprint density at radius 3 is 2.29 bits per heavy atom. The Hall–Kier alpha value is -1.60. The molecule has 1 aliphatic carbocycles. The highest BCUT2D eigenvalue weighted by molar-refractivity contribution is 5.42. The molecule has 2 aromatic carbocycles. The average molecular weight is 279 g/mol. The van der Waals surface area contributed by atoms with Gasteiger partial charge in [0.2, 0.25) is 0 Å². The van der Waals surface area contributed by atoms with E-state index < -0.39 is 0 Å². The summed E-state index contributed by atoms with van der Waals surface area (Å²) in [6, 6.07) is 18.1. The lowest BCUT2D eigenvalue weighted by atomic mass is 9.76. The first-order valence-corrected chi connectivity index (χ1v) is 8.19. The highest BCUT2D eigenvalue weighted by Crippen LogP contribution is 2.40. The Kier molecular flexibility index (Phi) is 4.40. The van der Waals surface area contributed by atoms with Crippen LogP contribution < -0.4 is 5.32 Å². The van der Waals surface area contributed by atoms with Crippen molar-refractivity contribution in [1.82, 2.24) is 5.32 Å². The molecule has 0 aliphatic heterocycles. The normalized spacial score (nSPS) is 16.5. The van der Waals surface area contributed by atoms with Crippen LogP contribution in [0.25, 0.3) is 0 Å². The van der Waals surface area contributed by atoms with Gasteiger partial charge in [0.25, 0.3) is 0 Å². The molecule has 1 atom stereocenters. The molecule has 0 heterocycles. The highest BCUT2D eigenvalue weighted by atomic mass is 14.9. The molecule has 0 saturated heterocycles. The third kappa shape index (κ3) is 2.89. The Balaban J connectivity index is 2.03. The zero-order chi connectivity index (χ0) is 14.7. The van der Waals surface area contributed by atoms with Gasteiger partial charge >= 0.3 is 0 Å². The summed E-state index contributed by atoms with van der Waals surface area (Å²) >= 11 is 0. The lowest BCUT2D eigenvalue weighted by molar-refractivity contribution is 0.414. The van der Waals surface area contributed by atoms with E-state index in [0.29, 0.717) is 6.04 Å². The molecule has 1 fully saturated rings. The Labute approximate surface area is 128 Å². The second-order valence-electron chi connectivity index (χ2n) is 6.10. The summed E-state index contributed by atoms with van der Waals surface area (Å²) in [5, 5.41) is 3.70. The van der Waals surface area contributed by atoms with Gasteiger partial charge in [-0.05, 0) is 54.5 Å². The topological polar surface area (TPSA) is 12.0 Å². The maximum atomic E-state index is 3.70. The fourth-order valence-corrected chi connectivity index (χ4v) is 3.37. The van der Waals surface area contributed by atoms with Crippen molar-refractivity contribution in [1.29, 1.82) is 0 Å². The van der Waals surface area contributed by atoms with Gasteiger partial charge in [0.1, 0.15) is 0 Å². The quantitative estimate of drug-likeness (QED) is 0.815. The monoisotopic (exact) mass is 279 g/mol. The van der Waals surface area contributed by atoms with Gasteiger partial charge in [-0.3, -0.25) is 0 Å². The lowest BCUT2D eigenvalue weighted by Crippen LogP contribution is -2.25. The van der Waals surface area contributed by atoms with Gasteiger partial charge in [-0.2, -0.15) is 0 Å². The maximum Gasteiger partial charge on any atom is 0.0582 e. The van der Waals surface area contributed by atoms with E-state index in [-0.39, 0.29) is 0 Å². The van der Waals surface area contributed by atoms with E-state index in [1.807, 2.05) is 0 Å². The van der Waals surface area contributed by atoms with Crippen molar-refractivity contribution in [3.8, 4) is 0 Å². The first-order valence-electron chi connectivity index (χ1n) is 8.19. The molecule has 1 nitrogen and oxygen atoms in total. The summed E-state index contributed by atoms with van der Waals surface area (Å²) in [6.45, 7) is 5.39. The molecule has 3 rings (SSSR count). The predicted octanol–water partition coefficient (Wildman–Crippen LogP) is 4.96. The van der Waals surface area contributed by atoms with Crippen LogP contribution in [0, 0.1) is 6.92 Å². The molecule has 0 spiro atoms. The Morgan fingerprint density at radius 2 is 1.67 bits per heavy atom. The van der Waals surface area contributed by atoms with E-state index in [4.69, 9.17) is 0 Å². The van der Waals surface area contributed by atoms with Crippen LogP contribution >= 0.6 is 0 Å². The Morgan fingerprint density at radius 1 is 1.00 bits per heavy atom. The molecule has 0 aromatic heterocycles. The molecule has 1 heteroatoms. The number of aryl methyl sites for hydroxylation is 1. The lowest BCUT2D eigenvalue weighted by Gasteiger charge is -2.31. The van der Waals surface area contributed by atoms with Gasteiger partial charge < -0.3 is 5.32 Å². The van der Waals surface area contributed by atoms with Crippen LogP contribution in [-0.2, 0) is 0 Å². The molecule has 110 valence electrons. The molecule has 0 amide bonds. The van der Waals surface area contributed by atoms with Gasteiger partial charge in [0.05, 0.1) is 6.04 Å². The largest absolute Gasteiger partial charge is 0.307 e. The number of benzene rings is 2. The third-order valence-corrected chi connectivity index (χ3v) is 4.76. The van der Waals surface area contributed by atoms with E-state index in [2.05, 4.69) is 67.7 Å². The summed E-state index contributed by atoms with van der Waals surface area (Å²) < 4.78 is 0. The van der Waals surface area contributed by atoms with E-state index in [1.165, 1.54) is 36.0 Å². The molecular formula is C20H25N. The molecule has 1 aliphatic rings. The number of hydrogen-bond acceptors (Lipinski definition) is 1. The van der Waals surface area contributed by atoms with Gasteiger partial charge in [-0.1, -0.05) is 61.9 Å². The molecule has 1 N–H and O–H groups in total. The first-order chi connectivity index (χ1) is 10.3. The molecule has 0 bridgehead atoms. The summed E-state index contributed by atoms with van der Waals surface area (Å²) in [4.78, 5) is 0. The summed E-state index contributed by atoms with van der Waals surface area (Å²) in [5.74, 6) is 0.770. The smallest absolute Gasteiger partial charge is 0.0582 e. The van der Waals surface area contributed by atoms with Crippen LogP contribution in [0.4, 0.5) is 0 Å². The van der Waals surface area contributed by atoms with Crippen LogP contribution in [-0.4, -0.2) is 6.54 Å². The van der Waals surface area contributed by atoms with Crippen LogP contribution in [0.3, 0.4) is 0 Å². The third-order valence-electron chi connectivity index (χ3n) is 4.76. The van der Waals surface area contributed by atoms with Crippen molar-refractivity contribution >= 4 is 0 Å². The fraction of sp³-hybridized carbons (Fsp3) is 0.400. The molecular weight excluding hydrogens is 254 g/mol. The van der Waals surface area contributed by atoms with E-state index >= 15 is 0 Å². The van der Waals surface area contributed by atoms with Crippen LogP contribution in [0.1, 0.15) is 60.4 Å². The van der Waals surface area contributed by atoms with Crippen molar-refractivity contribution in [2.45, 2.75) is 45.1 Å². The van der Waals surface area contributed by atoms with Gasteiger partial charge in [0.15, 0.2) is 0 Å². The van der Waals surface area contributed by atoms with Crippen molar-refractivity contribution in [2.75, 3.05) is 6.54 Å².